The molecule has 0 aliphatic rings. The van der Waals surface area contributed by atoms with Gasteiger partial charge in [-0.25, -0.2) is 4.79 Å². The topological polar surface area (TPSA) is 96.5 Å². The molecular weight excluding hydrogens is 354 g/mol. The summed E-state index contributed by atoms with van der Waals surface area (Å²) in [7, 11) is 0. The highest BCUT2D eigenvalue weighted by atomic mass is 32.1. The van der Waals surface area contributed by atoms with Gasteiger partial charge in [-0.05, 0) is 49.3 Å². The summed E-state index contributed by atoms with van der Waals surface area (Å²) in [4.78, 5) is 34.5. The van der Waals surface area contributed by atoms with Gasteiger partial charge in [-0.3, -0.25) is 14.9 Å². The minimum atomic E-state index is -0.600. The predicted molar refractivity (Wildman–Crippen MR) is 105 cm³/mol. The van der Waals surface area contributed by atoms with Crippen LogP contribution in [0, 0.1) is 5.92 Å². The Morgan fingerprint density at radius 1 is 1.08 bits per heavy atom. The van der Waals surface area contributed by atoms with Gasteiger partial charge in [-0.1, -0.05) is 13.8 Å². The summed E-state index contributed by atoms with van der Waals surface area (Å²) in [5.74, 6) is -0.906. The first-order valence-corrected chi connectivity index (χ1v) is 8.57. The van der Waals surface area contributed by atoms with Crippen LogP contribution in [0.3, 0.4) is 0 Å². The predicted octanol–water partition coefficient (Wildman–Crippen LogP) is 2.60. The van der Waals surface area contributed by atoms with Crippen LogP contribution in [0.4, 0.5) is 11.4 Å². The lowest BCUT2D eigenvalue weighted by atomic mass is 10.1. The Morgan fingerprint density at radius 3 is 2.19 bits per heavy atom. The van der Waals surface area contributed by atoms with Crippen molar-refractivity contribution in [2.45, 2.75) is 27.2 Å². The highest BCUT2D eigenvalue weighted by Gasteiger charge is 2.06. The molecule has 0 saturated heterocycles. The summed E-state index contributed by atoms with van der Waals surface area (Å²) in [6.07, 6.45) is 2.52. The van der Waals surface area contributed by atoms with Crippen LogP contribution in [-0.2, 0) is 19.1 Å². The molecule has 1 aromatic rings. The molecule has 0 aromatic heterocycles. The van der Waals surface area contributed by atoms with E-state index >= 15 is 0 Å². The normalized spacial score (nSPS) is 10.5. The molecule has 0 spiro atoms. The van der Waals surface area contributed by atoms with Crippen molar-refractivity contribution in [1.29, 1.82) is 0 Å². The number of carbonyl (C=O) groups excluding carboxylic acids is 3. The Morgan fingerprint density at radius 2 is 1.65 bits per heavy atom. The summed E-state index contributed by atoms with van der Waals surface area (Å²) >= 11 is 5.03. The van der Waals surface area contributed by atoms with Crippen LogP contribution in [0.2, 0.25) is 0 Å². The monoisotopic (exact) mass is 377 g/mol. The summed E-state index contributed by atoms with van der Waals surface area (Å²) in [5.41, 5.74) is 1.32. The van der Waals surface area contributed by atoms with Gasteiger partial charge < -0.3 is 15.4 Å². The molecule has 0 aliphatic heterocycles. The molecule has 0 atom stereocenters. The SMILES string of the molecule is CCOC(=O)/C=C/C(=O)NC(=S)Nc1ccc(NC(=O)CC(C)C)cc1. The zero-order valence-corrected chi connectivity index (χ0v) is 15.8. The molecular formula is C18H23N3O4S. The van der Waals surface area contributed by atoms with E-state index in [-0.39, 0.29) is 23.5 Å². The number of carbonyl (C=O) groups is 3. The average Bonchev–Trinajstić information content (AvgIpc) is 2.54. The second-order valence-electron chi connectivity index (χ2n) is 5.75. The van der Waals surface area contributed by atoms with Crippen molar-refractivity contribution in [1.82, 2.24) is 5.32 Å². The molecule has 0 unspecified atom stereocenters. The molecule has 2 amide bonds. The van der Waals surface area contributed by atoms with E-state index in [2.05, 4.69) is 20.7 Å². The van der Waals surface area contributed by atoms with E-state index in [9.17, 15) is 14.4 Å². The van der Waals surface area contributed by atoms with Crippen molar-refractivity contribution < 1.29 is 19.1 Å². The zero-order valence-electron chi connectivity index (χ0n) is 15.0. The molecule has 3 N–H and O–H groups in total. The van der Waals surface area contributed by atoms with Gasteiger partial charge in [0, 0.05) is 29.9 Å². The lowest BCUT2D eigenvalue weighted by molar-refractivity contribution is -0.137. The first kappa shape index (κ1) is 21.3. The van der Waals surface area contributed by atoms with Crippen molar-refractivity contribution >= 4 is 46.5 Å². The van der Waals surface area contributed by atoms with Gasteiger partial charge >= 0.3 is 5.97 Å². The van der Waals surface area contributed by atoms with Crippen LogP contribution < -0.4 is 16.0 Å². The number of anilines is 2. The first-order chi connectivity index (χ1) is 12.3. The fourth-order valence-electron chi connectivity index (χ4n) is 1.87. The number of thiocarbonyl (C=S) groups is 1. The summed E-state index contributed by atoms with van der Waals surface area (Å²) in [6.45, 7) is 5.86. The quantitative estimate of drug-likeness (QED) is 0.384. The lowest BCUT2D eigenvalue weighted by Gasteiger charge is -2.10. The molecule has 8 heteroatoms. The Hall–Kier alpha value is -2.74. The van der Waals surface area contributed by atoms with E-state index in [0.29, 0.717) is 17.8 Å². The molecule has 0 saturated carbocycles. The van der Waals surface area contributed by atoms with Crippen LogP contribution in [-0.4, -0.2) is 29.5 Å². The third-order valence-electron chi connectivity index (χ3n) is 2.91. The van der Waals surface area contributed by atoms with Gasteiger partial charge in [-0.2, -0.15) is 0 Å². The molecule has 0 fully saturated rings. The van der Waals surface area contributed by atoms with E-state index in [4.69, 9.17) is 12.2 Å². The average molecular weight is 377 g/mol. The van der Waals surface area contributed by atoms with Crippen LogP contribution in [0.1, 0.15) is 27.2 Å². The number of nitrogens with one attached hydrogen (secondary N) is 3. The second-order valence-corrected chi connectivity index (χ2v) is 6.16. The highest BCUT2D eigenvalue weighted by Crippen LogP contribution is 2.14. The van der Waals surface area contributed by atoms with E-state index in [0.717, 1.165) is 12.2 Å². The van der Waals surface area contributed by atoms with Gasteiger partial charge in [0.25, 0.3) is 0 Å². The lowest BCUT2D eigenvalue weighted by Crippen LogP contribution is -2.33. The standard InChI is InChI=1S/C18H23N3O4S/c1-4-25-17(24)10-9-15(22)21-18(26)20-14-7-5-13(6-8-14)19-16(23)11-12(2)3/h5-10,12H,4,11H2,1-3H3,(H,19,23)(H2,20,21,22,26)/b10-9+. The minimum absolute atomic E-state index is 0.0446. The molecule has 0 bridgehead atoms. The molecule has 7 nitrogen and oxygen atoms in total. The van der Waals surface area contributed by atoms with Crippen molar-refractivity contribution in [2.24, 2.45) is 5.92 Å². The van der Waals surface area contributed by atoms with Crippen molar-refractivity contribution in [3.63, 3.8) is 0 Å². The number of rotatable bonds is 7. The summed E-state index contributed by atoms with van der Waals surface area (Å²) < 4.78 is 4.67. The number of amides is 2. The number of hydrogen-bond donors (Lipinski definition) is 3. The van der Waals surface area contributed by atoms with E-state index < -0.39 is 11.9 Å². The molecule has 26 heavy (non-hydrogen) atoms. The van der Waals surface area contributed by atoms with Gasteiger partial charge in [-0.15, -0.1) is 0 Å². The minimum Gasteiger partial charge on any atom is -0.463 e. The number of benzene rings is 1. The Bertz CT molecular complexity index is 684. The number of hydrogen-bond acceptors (Lipinski definition) is 5. The maximum absolute atomic E-state index is 11.7. The Kier molecular flexibility index (Phi) is 9.00. The molecule has 0 radical (unpaired) electrons. The van der Waals surface area contributed by atoms with Gasteiger partial charge in [0.1, 0.15) is 0 Å². The van der Waals surface area contributed by atoms with Crippen molar-refractivity contribution in [3.8, 4) is 0 Å². The first-order valence-electron chi connectivity index (χ1n) is 8.16. The van der Waals surface area contributed by atoms with Crippen LogP contribution >= 0.6 is 12.2 Å². The van der Waals surface area contributed by atoms with Gasteiger partial charge in [0.15, 0.2) is 5.11 Å². The maximum Gasteiger partial charge on any atom is 0.330 e. The van der Waals surface area contributed by atoms with E-state index in [1.165, 1.54) is 0 Å². The van der Waals surface area contributed by atoms with Crippen LogP contribution in [0.25, 0.3) is 0 Å². The molecule has 0 aliphatic carbocycles. The smallest absolute Gasteiger partial charge is 0.330 e. The van der Waals surface area contributed by atoms with Gasteiger partial charge in [0.2, 0.25) is 11.8 Å². The number of esters is 1. The largest absolute Gasteiger partial charge is 0.463 e. The van der Waals surface area contributed by atoms with Crippen LogP contribution in [0.5, 0.6) is 0 Å². The van der Waals surface area contributed by atoms with Crippen molar-refractivity contribution in [3.05, 3.63) is 36.4 Å². The maximum atomic E-state index is 11.7. The van der Waals surface area contributed by atoms with Crippen molar-refractivity contribution in [2.75, 3.05) is 17.2 Å². The third kappa shape index (κ3) is 8.93. The number of ether oxygens (including phenoxy) is 1. The summed E-state index contributed by atoms with van der Waals surface area (Å²) in [5, 5.41) is 8.13. The Balaban J connectivity index is 2.48. The molecule has 140 valence electrons. The highest BCUT2D eigenvalue weighted by molar-refractivity contribution is 7.80. The van der Waals surface area contributed by atoms with Gasteiger partial charge in [0.05, 0.1) is 6.61 Å². The fraction of sp³-hybridized carbons (Fsp3) is 0.333. The van der Waals surface area contributed by atoms with Crippen LogP contribution in [0.15, 0.2) is 36.4 Å². The van der Waals surface area contributed by atoms with E-state index in [1.807, 2.05) is 13.8 Å². The van der Waals surface area contributed by atoms with E-state index in [1.54, 1.807) is 31.2 Å². The molecule has 1 rings (SSSR count). The molecule has 0 heterocycles. The molecule has 1 aromatic carbocycles. The zero-order chi connectivity index (χ0) is 19.5. The summed E-state index contributed by atoms with van der Waals surface area (Å²) in [6, 6.07) is 6.90. The fourth-order valence-corrected chi connectivity index (χ4v) is 2.09. The third-order valence-corrected chi connectivity index (χ3v) is 3.12. The Labute approximate surface area is 158 Å². The second kappa shape index (κ2) is 11.0.